The first-order valence-electron chi connectivity index (χ1n) is 10.3. The summed E-state index contributed by atoms with van der Waals surface area (Å²) in [7, 11) is 0. The molecule has 0 radical (unpaired) electrons. The number of aliphatic hydroxyl groups is 1. The molecule has 1 fully saturated rings. The van der Waals surface area contributed by atoms with Crippen LogP contribution in [-0.4, -0.2) is 31.1 Å². The summed E-state index contributed by atoms with van der Waals surface area (Å²) in [6.45, 7) is 1.83. The average molecular weight is 478 g/mol. The Bertz CT molecular complexity index is 1180. The molecule has 4 rings (SSSR count). The van der Waals surface area contributed by atoms with E-state index < -0.39 is 29.4 Å². The maximum absolute atomic E-state index is 12.9. The quantitative estimate of drug-likeness (QED) is 0.466. The van der Waals surface area contributed by atoms with Crippen molar-refractivity contribution >= 4 is 28.9 Å². The summed E-state index contributed by atoms with van der Waals surface area (Å²) in [5.74, 6) is -2.15. The second-order valence-corrected chi connectivity index (χ2v) is 9.10. The van der Waals surface area contributed by atoms with Gasteiger partial charge < -0.3 is 15.5 Å². The fourth-order valence-corrected chi connectivity index (χ4v) is 5.13. The Kier molecular flexibility index (Phi) is 6.10. The Balaban J connectivity index is 1.63. The van der Waals surface area contributed by atoms with Crippen molar-refractivity contribution in [3.05, 3.63) is 52.9 Å². The Labute approximate surface area is 191 Å². The molecule has 1 aromatic carbocycles. The minimum atomic E-state index is -4.58. The summed E-state index contributed by atoms with van der Waals surface area (Å²) >= 11 is 1.21. The van der Waals surface area contributed by atoms with E-state index in [2.05, 4.69) is 20.3 Å². The van der Waals surface area contributed by atoms with Gasteiger partial charge in [-0.25, -0.2) is 15.0 Å². The van der Waals surface area contributed by atoms with Crippen molar-refractivity contribution < 1.29 is 28.2 Å². The lowest BCUT2D eigenvalue weighted by Gasteiger charge is -2.35. The van der Waals surface area contributed by atoms with Gasteiger partial charge in [0.15, 0.2) is 0 Å². The van der Waals surface area contributed by atoms with Crippen LogP contribution >= 0.6 is 11.3 Å². The van der Waals surface area contributed by atoms with Gasteiger partial charge in [-0.1, -0.05) is 18.9 Å². The fraction of sp³-hybridized carbons (Fsp3) is 0.364. The van der Waals surface area contributed by atoms with Gasteiger partial charge in [-0.2, -0.15) is 13.2 Å². The molecule has 33 heavy (non-hydrogen) atoms. The molecule has 174 valence electrons. The van der Waals surface area contributed by atoms with Crippen molar-refractivity contribution in [2.75, 3.05) is 5.32 Å². The van der Waals surface area contributed by atoms with E-state index in [0.29, 0.717) is 34.8 Å². The number of hydrogen-bond acceptors (Lipinski definition) is 7. The number of carbonyl (C=O) groups is 1. The molecule has 2 heterocycles. The third-order valence-electron chi connectivity index (χ3n) is 5.62. The summed E-state index contributed by atoms with van der Waals surface area (Å²) in [5.41, 5.74) is -0.534. The maximum Gasteiger partial charge on any atom is 0.433 e. The van der Waals surface area contributed by atoms with Gasteiger partial charge in [0.2, 0.25) is 5.95 Å². The number of hydrogen-bond donors (Lipinski definition) is 3. The lowest BCUT2D eigenvalue weighted by molar-refractivity contribution is -0.157. The molecule has 0 bridgehead atoms. The molecule has 3 N–H and O–H groups in total. The smallest absolute Gasteiger partial charge is 0.433 e. The molecule has 11 heteroatoms. The highest BCUT2D eigenvalue weighted by atomic mass is 32.1. The van der Waals surface area contributed by atoms with Crippen LogP contribution in [-0.2, 0) is 16.6 Å². The Morgan fingerprint density at radius 1 is 1.24 bits per heavy atom. The van der Waals surface area contributed by atoms with Gasteiger partial charge in [-0.15, -0.1) is 11.3 Å². The summed E-state index contributed by atoms with van der Waals surface area (Å²) in [6, 6.07) is 6.12. The normalized spacial score (nSPS) is 21.1. The average Bonchev–Trinajstić information content (AvgIpc) is 3.24. The number of aromatic nitrogens is 3. The minimum absolute atomic E-state index is 0.188. The van der Waals surface area contributed by atoms with Crippen molar-refractivity contribution in [1.82, 2.24) is 15.0 Å². The zero-order chi connectivity index (χ0) is 23.8. The molecule has 2 aromatic heterocycles. The van der Waals surface area contributed by atoms with Gasteiger partial charge in [0.1, 0.15) is 16.3 Å². The summed E-state index contributed by atoms with van der Waals surface area (Å²) < 4.78 is 38.8. The van der Waals surface area contributed by atoms with Crippen molar-refractivity contribution in [2.24, 2.45) is 5.92 Å². The van der Waals surface area contributed by atoms with Crippen molar-refractivity contribution in [3.8, 4) is 10.4 Å². The first-order chi connectivity index (χ1) is 15.6. The number of halogens is 3. The predicted octanol–water partition coefficient (Wildman–Crippen LogP) is 5.13. The highest BCUT2D eigenvalue weighted by molar-refractivity contribution is 7.15. The number of anilines is 2. The molecule has 3 aromatic rings. The minimum Gasteiger partial charge on any atom is -0.481 e. The molecule has 0 saturated heterocycles. The zero-order valence-corrected chi connectivity index (χ0v) is 18.4. The summed E-state index contributed by atoms with van der Waals surface area (Å²) in [4.78, 5) is 24.1. The van der Waals surface area contributed by atoms with Crippen LogP contribution in [0.3, 0.4) is 0 Å². The number of rotatable bonds is 5. The lowest BCUT2D eigenvalue weighted by Crippen LogP contribution is -2.42. The fourth-order valence-electron chi connectivity index (χ4n) is 4.05. The van der Waals surface area contributed by atoms with Crippen molar-refractivity contribution in [3.63, 3.8) is 0 Å². The number of thiazole rings is 1. The zero-order valence-electron chi connectivity index (χ0n) is 17.6. The van der Waals surface area contributed by atoms with E-state index in [0.717, 1.165) is 29.8 Å². The van der Waals surface area contributed by atoms with Crippen LogP contribution in [0.2, 0.25) is 0 Å². The number of carboxylic acids is 1. The first kappa shape index (κ1) is 23.1. The van der Waals surface area contributed by atoms with Crippen LogP contribution in [0.15, 0.2) is 36.7 Å². The Morgan fingerprint density at radius 2 is 2.03 bits per heavy atom. The van der Waals surface area contributed by atoms with Crippen LogP contribution in [0, 0.1) is 12.8 Å². The van der Waals surface area contributed by atoms with Gasteiger partial charge in [0.25, 0.3) is 0 Å². The maximum atomic E-state index is 12.9. The second kappa shape index (κ2) is 8.71. The number of nitrogens with zero attached hydrogens (tertiary/aromatic N) is 3. The number of alkyl halides is 3. The largest absolute Gasteiger partial charge is 0.481 e. The van der Waals surface area contributed by atoms with E-state index in [1.165, 1.54) is 11.3 Å². The first-order valence-corrected chi connectivity index (χ1v) is 11.1. The van der Waals surface area contributed by atoms with E-state index >= 15 is 0 Å². The van der Waals surface area contributed by atoms with Gasteiger partial charge in [0, 0.05) is 18.1 Å². The van der Waals surface area contributed by atoms with Crippen LogP contribution in [0.5, 0.6) is 0 Å². The molecule has 1 saturated carbocycles. The molecule has 0 spiro atoms. The molecule has 7 nitrogen and oxygen atoms in total. The number of aliphatic carboxylic acids is 1. The van der Waals surface area contributed by atoms with Crippen molar-refractivity contribution in [1.29, 1.82) is 0 Å². The topological polar surface area (TPSA) is 108 Å². The van der Waals surface area contributed by atoms with Crippen LogP contribution in [0.4, 0.5) is 24.8 Å². The molecule has 1 aliphatic rings. The SMILES string of the molecule is Cc1cc(Nc2nccc(C(F)(F)F)n2)cc(-c2cnc(C3(O)CCCCC3C(=O)O)s2)c1. The van der Waals surface area contributed by atoms with E-state index in [-0.39, 0.29) is 5.95 Å². The summed E-state index contributed by atoms with van der Waals surface area (Å²) in [5, 5.41) is 23.9. The Morgan fingerprint density at radius 3 is 2.76 bits per heavy atom. The molecular formula is C22H21F3N4O3S. The van der Waals surface area contributed by atoms with Crippen LogP contribution < -0.4 is 5.32 Å². The molecule has 0 aliphatic heterocycles. The standard InChI is InChI=1S/C22H21F3N4O3S/c1-12-8-13(10-14(9-12)28-20-26-7-5-17(29-20)22(23,24)25)16-11-27-19(33-16)21(32)6-3-2-4-15(21)18(30)31/h5,7-11,15,32H,2-4,6H2,1H3,(H,30,31)(H,26,28,29). The lowest BCUT2D eigenvalue weighted by atomic mass is 9.75. The molecular weight excluding hydrogens is 457 g/mol. The van der Waals surface area contributed by atoms with Gasteiger partial charge >= 0.3 is 12.1 Å². The van der Waals surface area contributed by atoms with E-state index in [4.69, 9.17) is 0 Å². The van der Waals surface area contributed by atoms with Gasteiger partial charge in [-0.3, -0.25) is 4.79 Å². The van der Waals surface area contributed by atoms with Crippen LogP contribution in [0.1, 0.15) is 41.9 Å². The van der Waals surface area contributed by atoms with Crippen LogP contribution in [0.25, 0.3) is 10.4 Å². The predicted molar refractivity (Wildman–Crippen MR) is 116 cm³/mol. The Hall–Kier alpha value is -3.05. The monoisotopic (exact) mass is 478 g/mol. The number of nitrogens with one attached hydrogen (secondary N) is 1. The van der Waals surface area contributed by atoms with E-state index in [1.807, 2.05) is 13.0 Å². The number of carboxylic acid groups (broad SMARTS) is 1. The molecule has 1 aliphatic carbocycles. The summed E-state index contributed by atoms with van der Waals surface area (Å²) in [6.07, 6.45) is 0.190. The highest BCUT2D eigenvalue weighted by Gasteiger charge is 2.46. The number of aryl methyl sites for hydroxylation is 1. The van der Waals surface area contributed by atoms with Gasteiger partial charge in [0.05, 0.1) is 10.8 Å². The third kappa shape index (κ3) is 4.83. The van der Waals surface area contributed by atoms with E-state index in [9.17, 15) is 28.2 Å². The molecule has 0 amide bonds. The van der Waals surface area contributed by atoms with E-state index in [1.54, 1.807) is 18.3 Å². The van der Waals surface area contributed by atoms with Gasteiger partial charge in [-0.05, 0) is 49.1 Å². The third-order valence-corrected chi connectivity index (χ3v) is 6.83. The number of benzene rings is 1. The second-order valence-electron chi connectivity index (χ2n) is 8.07. The van der Waals surface area contributed by atoms with Crippen molar-refractivity contribution in [2.45, 2.75) is 44.4 Å². The molecule has 2 atom stereocenters. The molecule has 2 unspecified atom stereocenters. The highest BCUT2D eigenvalue weighted by Crippen LogP contribution is 2.45.